The third-order valence-corrected chi connectivity index (χ3v) is 4.88. The first kappa shape index (κ1) is 22.7. The number of para-hydroxylation sites is 1. The van der Waals surface area contributed by atoms with Gasteiger partial charge in [0.25, 0.3) is 0 Å². The van der Waals surface area contributed by atoms with Gasteiger partial charge in [-0.05, 0) is 67.8 Å². The highest BCUT2D eigenvalue weighted by Gasteiger charge is 2.15. The lowest BCUT2D eigenvalue weighted by Gasteiger charge is -2.10. The molecule has 0 aliphatic carbocycles. The van der Waals surface area contributed by atoms with Crippen LogP contribution in [-0.4, -0.2) is 17.5 Å². The molecular formula is C25H24FN3O3. The number of anilines is 1. The highest BCUT2D eigenvalue weighted by molar-refractivity contribution is 6.39. The van der Waals surface area contributed by atoms with Gasteiger partial charge in [-0.3, -0.25) is 9.59 Å². The van der Waals surface area contributed by atoms with Gasteiger partial charge in [0.2, 0.25) is 0 Å². The Kier molecular flexibility index (Phi) is 7.33. The van der Waals surface area contributed by atoms with Crippen molar-refractivity contribution in [1.29, 1.82) is 0 Å². The summed E-state index contributed by atoms with van der Waals surface area (Å²) in [6.07, 6.45) is 0. The number of benzene rings is 3. The van der Waals surface area contributed by atoms with E-state index in [1.54, 1.807) is 49.4 Å². The van der Waals surface area contributed by atoms with Crippen LogP contribution in [0.3, 0.4) is 0 Å². The first-order chi connectivity index (χ1) is 15.3. The maximum atomic E-state index is 13.7. The van der Waals surface area contributed by atoms with Crippen molar-refractivity contribution in [2.24, 2.45) is 5.10 Å². The third-order valence-electron chi connectivity index (χ3n) is 4.88. The van der Waals surface area contributed by atoms with Crippen LogP contribution in [0.4, 0.5) is 10.1 Å². The monoisotopic (exact) mass is 433 g/mol. The first-order valence-electron chi connectivity index (χ1n) is 10.0. The molecule has 0 heterocycles. The summed E-state index contributed by atoms with van der Waals surface area (Å²) in [6, 6.07) is 19.0. The highest BCUT2D eigenvalue weighted by atomic mass is 19.1. The summed E-state index contributed by atoms with van der Waals surface area (Å²) in [6.45, 7) is 5.53. The van der Waals surface area contributed by atoms with E-state index in [1.165, 1.54) is 6.07 Å². The van der Waals surface area contributed by atoms with Crippen LogP contribution in [0, 0.1) is 19.7 Å². The van der Waals surface area contributed by atoms with E-state index >= 15 is 0 Å². The largest absolute Gasteiger partial charge is 0.489 e. The Morgan fingerprint density at radius 1 is 0.906 bits per heavy atom. The minimum atomic E-state index is -0.864. The average molecular weight is 433 g/mol. The number of carbonyl (C=O) groups excluding carboxylic acids is 2. The standard InChI is InChI=1S/C25H24FN3O3/c1-16-7-6-8-17(2)23(16)27-24(30)25(31)29-28-18(3)19-11-13-21(14-12-19)32-15-20-9-4-5-10-22(20)26/h4-14H,15H2,1-3H3,(H,27,30)(H,29,31). The van der Waals surface area contributed by atoms with Crippen molar-refractivity contribution in [3.63, 3.8) is 0 Å². The summed E-state index contributed by atoms with van der Waals surface area (Å²) in [5.41, 5.74) is 6.33. The Morgan fingerprint density at radius 2 is 1.56 bits per heavy atom. The zero-order valence-corrected chi connectivity index (χ0v) is 18.1. The molecule has 164 valence electrons. The third kappa shape index (κ3) is 5.78. The van der Waals surface area contributed by atoms with E-state index in [1.807, 2.05) is 32.0 Å². The van der Waals surface area contributed by atoms with Gasteiger partial charge in [0.1, 0.15) is 18.2 Å². The van der Waals surface area contributed by atoms with Crippen LogP contribution in [-0.2, 0) is 16.2 Å². The second-order valence-corrected chi connectivity index (χ2v) is 7.26. The number of aryl methyl sites for hydroxylation is 2. The highest BCUT2D eigenvalue weighted by Crippen LogP contribution is 2.19. The molecule has 32 heavy (non-hydrogen) atoms. The molecule has 0 aromatic heterocycles. The SMILES string of the molecule is CC(=NNC(=O)C(=O)Nc1c(C)cccc1C)c1ccc(OCc2ccccc2F)cc1. The fraction of sp³-hybridized carbons (Fsp3) is 0.160. The van der Waals surface area contributed by atoms with Gasteiger partial charge in [-0.15, -0.1) is 0 Å². The van der Waals surface area contributed by atoms with Crippen LogP contribution in [0.5, 0.6) is 5.75 Å². The number of hydrogen-bond acceptors (Lipinski definition) is 4. The van der Waals surface area contributed by atoms with Crippen molar-refractivity contribution < 1.29 is 18.7 Å². The number of carbonyl (C=O) groups is 2. The van der Waals surface area contributed by atoms with Crippen molar-refractivity contribution in [2.45, 2.75) is 27.4 Å². The van der Waals surface area contributed by atoms with Crippen LogP contribution >= 0.6 is 0 Å². The molecule has 0 fully saturated rings. The fourth-order valence-electron chi connectivity index (χ4n) is 3.00. The molecule has 0 saturated heterocycles. The smallest absolute Gasteiger partial charge is 0.329 e. The fourth-order valence-corrected chi connectivity index (χ4v) is 3.00. The predicted molar refractivity (Wildman–Crippen MR) is 122 cm³/mol. The number of nitrogens with zero attached hydrogens (tertiary/aromatic N) is 1. The van der Waals surface area contributed by atoms with Gasteiger partial charge >= 0.3 is 11.8 Å². The number of amides is 2. The van der Waals surface area contributed by atoms with Gasteiger partial charge in [-0.25, -0.2) is 9.82 Å². The molecule has 3 aromatic carbocycles. The van der Waals surface area contributed by atoms with Crippen molar-refractivity contribution in [2.75, 3.05) is 5.32 Å². The summed E-state index contributed by atoms with van der Waals surface area (Å²) < 4.78 is 19.3. The Labute approximate surface area is 186 Å². The minimum Gasteiger partial charge on any atom is -0.489 e. The lowest BCUT2D eigenvalue weighted by atomic mass is 10.1. The van der Waals surface area contributed by atoms with Gasteiger partial charge in [-0.1, -0.05) is 36.4 Å². The molecule has 0 radical (unpaired) electrons. The Balaban J connectivity index is 1.56. The molecule has 0 saturated carbocycles. The van der Waals surface area contributed by atoms with Gasteiger partial charge in [-0.2, -0.15) is 5.10 Å². The maximum Gasteiger partial charge on any atom is 0.329 e. The van der Waals surface area contributed by atoms with E-state index in [0.29, 0.717) is 22.7 Å². The first-order valence-corrected chi connectivity index (χ1v) is 10.0. The number of halogens is 1. The Hall–Kier alpha value is -4.00. The molecule has 6 nitrogen and oxygen atoms in total. The summed E-state index contributed by atoms with van der Waals surface area (Å²) >= 11 is 0. The van der Waals surface area contributed by atoms with Crippen LogP contribution in [0.25, 0.3) is 0 Å². The molecule has 2 amide bonds. The van der Waals surface area contributed by atoms with Crippen molar-refractivity contribution >= 4 is 23.2 Å². The zero-order chi connectivity index (χ0) is 23.1. The van der Waals surface area contributed by atoms with E-state index < -0.39 is 11.8 Å². The van der Waals surface area contributed by atoms with Crippen LogP contribution in [0.2, 0.25) is 0 Å². The topological polar surface area (TPSA) is 79.8 Å². The number of ether oxygens (including phenoxy) is 1. The molecule has 2 N–H and O–H groups in total. The minimum absolute atomic E-state index is 0.116. The Morgan fingerprint density at radius 3 is 2.22 bits per heavy atom. The van der Waals surface area contributed by atoms with Crippen molar-refractivity contribution in [1.82, 2.24) is 5.43 Å². The number of rotatable bonds is 6. The molecule has 0 aliphatic heterocycles. The van der Waals surface area contributed by atoms with E-state index in [9.17, 15) is 14.0 Å². The molecular weight excluding hydrogens is 409 g/mol. The summed E-state index contributed by atoms with van der Waals surface area (Å²) in [7, 11) is 0. The van der Waals surface area contributed by atoms with Gasteiger partial charge in [0.05, 0.1) is 5.71 Å². The number of hydrogen-bond donors (Lipinski definition) is 2. The molecule has 0 atom stereocenters. The van der Waals surface area contributed by atoms with Crippen LogP contribution in [0.15, 0.2) is 71.8 Å². The number of nitrogens with one attached hydrogen (secondary N) is 2. The van der Waals surface area contributed by atoms with E-state index in [2.05, 4.69) is 15.8 Å². The molecule has 3 aromatic rings. The molecule has 0 unspecified atom stereocenters. The Bertz CT molecular complexity index is 1140. The van der Waals surface area contributed by atoms with Gasteiger partial charge in [0.15, 0.2) is 0 Å². The lowest BCUT2D eigenvalue weighted by Crippen LogP contribution is -2.33. The summed E-state index contributed by atoms with van der Waals surface area (Å²) in [5.74, 6) is -1.40. The van der Waals surface area contributed by atoms with Gasteiger partial charge < -0.3 is 10.1 Å². The summed E-state index contributed by atoms with van der Waals surface area (Å²) in [4.78, 5) is 24.3. The molecule has 3 rings (SSSR count). The van der Waals surface area contributed by atoms with Crippen molar-refractivity contribution in [3.8, 4) is 5.75 Å². The predicted octanol–water partition coefficient (Wildman–Crippen LogP) is 4.50. The summed E-state index contributed by atoms with van der Waals surface area (Å²) in [5, 5.41) is 6.62. The van der Waals surface area contributed by atoms with Crippen LogP contribution in [0.1, 0.15) is 29.2 Å². The normalized spacial score (nSPS) is 11.1. The lowest BCUT2D eigenvalue weighted by molar-refractivity contribution is -0.136. The molecule has 7 heteroatoms. The maximum absolute atomic E-state index is 13.7. The number of hydrazone groups is 1. The molecule has 0 spiro atoms. The molecule has 0 bridgehead atoms. The zero-order valence-electron chi connectivity index (χ0n) is 18.1. The van der Waals surface area contributed by atoms with E-state index in [4.69, 9.17) is 4.74 Å². The van der Waals surface area contributed by atoms with Gasteiger partial charge in [0, 0.05) is 11.3 Å². The second-order valence-electron chi connectivity index (χ2n) is 7.26. The van der Waals surface area contributed by atoms with E-state index in [0.717, 1.165) is 16.7 Å². The quantitative estimate of drug-likeness (QED) is 0.341. The second kappa shape index (κ2) is 10.3. The van der Waals surface area contributed by atoms with E-state index in [-0.39, 0.29) is 12.4 Å². The van der Waals surface area contributed by atoms with Crippen molar-refractivity contribution in [3.05, 3.63) is 94.8 Å². The van der Waals surface area contributed by atoms with Crippen LogP contribution < -0.4 is 15.5 Å². The average Bonchev–Trinajstić information content (AvgIpc) is 2.79. The molecule has 0 aliphatic rings.